The topological polar surface area (TPSA) is 44.5 Å². The second kappa shape index (κ2) is 7.36. The van der Waals surface area contributed by atoms with E-state index in [4.69, 9.17) is 15.2 Å². The first-order valence-corrected chi connectivity index (χ1v) is 5.14. The first-order chi connectivity index (χ1) is 7.17. The van der Waals surface area contributed by atoms with Crippen molar-refractivity contribution in [3.05, 3.63) is 23.8 Å². The maximum absolute atomic E-state index is 5.72. The molecule has 0 spiro atoms. The molecule has 0 radical (unpaired) electrons. The van der Waals surface area contributed by atoms with Crippen molar-refractivity contribution in [3.63, 3.8) is 0 Å². The number of hydrogen-bond acceptors (Lipinski definition) is 3. The lowest BCUT2D eigenvalue weighted by Crippen LogP contribution is -2.15. The van der Waals surface area contributed by atoms with E-state index in [9.17, 15) is 0 Å². The smallest absolute Gasteiger partial charge is 0.125 e. The number of benzene rings is 1. The highest BCUT2D eigenvalue weighted by atomic mass is 35.5. The Morgan fingerprint density at radius 2 is 1.94 bits per heavy atom. The molecule has 0 amide bonds. The normalized spacial score (nSPS) is 11.5. The zero-order valence-corrected chi connectivity index (χ0v) is 10.8. The summed E-state index contributed by atoms with van der Waals surface area (Å²) in [4.78, 5) is 0. The van der Waals surface area contributed by atoms with Gasteiger partial charge in [-0.15, -0.1) is 12.4 Å². The molecule has 0 aliphatic rings. The van der Waals surface area contributed by atoms with Crippen molar-refractivity contribution in [1.82, 2.24) is 0 Å². The summed E-state index contributed by atoms with van der Waals surface area (Å²) in [6, 6.07) is 6.09. The summed E-state index contributed by atoms with van der Waals surface area (Å²) in [6.45, 7) is 2.01. The summed E-state index contributed by atoms with van der Waals surface area (Å²) in [5.74, 6) is 1.69. The summed E-state index contributed by atoms with van der Waals surface area (Å²) in [6.07, 6.45) is 1.90. The van der Waals surface area contributed by atoms with Crippen molar-refractivity contribution in [1.29, 1.82) is 0 Å². The van der Waals surface area contributed by atoms with Crippen LogP contribution in [-0.2, 0) is 6.42 Å². The third kappa shape index (κ3) is 4.29. The Hall–Kier alpha value is -0.930. The number of halogens is 1. The standard InChI is InChI=1S/C12H19NO2.ClH/c1-9(13)4-5-10-6-7-11(14-2)8-12(10)15-3;/h6-9H,4-5,13H2,1-3H3;1H. The largest absolute Gasteiger partial charge is 0.497 e. The molecule has 0 heterocycles. The molecule has 0 saturated heterocycles. The van der Waals surface area contributed by atoms with Crippen LogP contribution >= 0.6 is 12.4 Å². The molecule has 1 aromatic rings. The summed E-state index contributed by atoms with van der Waals surface area (Å²) in [7, 11) is 3.32. The van der Waals surface area contributed by atoms with Crippen LogP contribution in [0.2, 0.25) is 0 Å². The zero-order chi connectivity index (χ0) is 11.3. The van der Waals surface area contributed by atoms with Gasteiger partial charge in [-0.1, -0.05) is 6.07 Å². The monoisotopic (exact) mass is 245 g/mol. The average molecular weight is 246 g/mol. The molecule has 92 valence electrons. The van der Waals surface area contributed by atoms with Gasteiger partial charge in [0, 0.05) is 12.1 Å². The summed E-state index contributed by atoms with van der Waals surface area (Å²) >= 11 is 0. The van der Waals surface area contributed by atoms with Crippen LogP contribution in [0.1, 0.15) is 18.9 Å². The lowest BCUT2D eigenvalue weighted by molar-refractivity contribution is 0.390. The van der Waals surface area contributed by atoms with Gasteiger partial charge in [0.25, 0.3) is 0 Å². The molecule has 4 heteroatoms. The quantitative estimate of drug-likeness (QED) is 0.867. The SMILES string of the molecule is COc1ccc(CCC(C)N)c(OC)c1.Cl. The third-order valence-electron chi connectivity index (χ3n) is 2.36. The zero-order valence-electron chi connectivity index (χ0n) is 10.0. The van der Waals surface area contributed by atoms with Crippen molar-refractivity contribution in [3.8, 4) is 11.5 Å². The van der Waals surface area contributed by atoms with Gasteiger partial charge in [0.1, 0.15) is 11.5 Å². The number of nitrogens with two attached hydrogens (primary N) is 1. The first kappa shape index (κ1) is 15.1. The number of rotatable bonds is 5. The molecule has 0 saturated carbocycles. The van der Waals surface area contributed by atoms with Gasteiger partial charge in [-0.05, 0) is 31.4 Å². The Bertz CT molecular complexity index is 316. The minimum atomic E-state index is 0. The number of ether oxygens (including phenoxy) is 2. The van der Waals surface area contributed by atoms with Crippen LogP contribution in [0.3, 0.4) is 0 Å². The van der Waals surface area contributed by atoms with E-state index in [-0.39, 0.29) is 18.4 Å². The molecule has 0 bridgehead atoms. The van der Waals surface area contributed by atoms with E-state index in [1.807, 2.05) is 25.1 Å². The second-order valence-corrected chi connectivity index (χ2v) is 3.69. The molecule has 0 fully saturated rings. The van der Waals surface area contributed by atoms with Crippen LogP contribution in [0.15, 0.2) is 18.2 Å². The Kier molecular flexibility index (Phi) is 6.93. The summed E-state index contributed by atoms with van der Waals surface area (Å²) < 4.78 is 10.4. The molecule has 1 unspecified atom stereocenters. The molecule has 1 rings (SSSR count). The molecule has 0 aliphatic carbocycles. The van der Waals surface area contributed by atoms with Gasteiger partial charge < -0.3 is 15.2 Å². The van der Waals surface area contributed by atoms with Crippen LogP contribution in [0.5, 0.6) is 11.5 Å². The lowest BCUT2D eigenvalue weighted by Gasteiger charge is -2.11. The van der Waals surface area contributed by atoms with E-state index in [0.717, 1.165) is 24.3 Å². The van der Waals surface area contributed by atoms with E-state index in [1.165, 1.54) is 5.56 Å². The van der Waals surface area contributed by atoms with Gasteiger partial charge in [0.05, 0.1) is 14.2 Å². The number of hydrogen-bond donors (Lipinski definition) is 1. The predicted octanol–water partition coefficient (Wildman–Crippen LogP) is 2.41. The van der Waals surface area contributed by atoms with E-state index in [0.29, 0.717) is 0 Å². The number of aryl methyl sites for hydroxylation is 1. The molecule has 16 heavy (non-hydrogen) atoms. The molecule has 2 N–H and O–H groups in total. The van der Waals surface area contributed by atoms with Crippen molar-refractivity contribution in [2.45, 2.75) is 25.8 Å². The van der Waals surface area contributed by atoms with Crippen LogP contribution in [0, 0.1) is 0 Å². The predicted molar refractivity (Wildman–Crippen MR) is 68.8 cm³/mol. The highest BCUT2D eigenvalue weighted by Crippen LogP contribution is 2.25. The average Bonchev–Trinajstić information content (AvgIpc) is 2.25. The van der Waals surface area contributed by atoms with Crippen LogP contribution in [-0.4, -0.2) is 20.3 Å². The third-order valence-corrected chi connectivity index (χ3v) is 2.36. The molecular formula is C12H20ClNO2. The van der Waals surface area contributed by atoms with Gasteiger partial charge in [-0.2, -0.15) is 0 Å². The van der Waals surface area contributed by atoms with E-state index in [2.05, 4.69) is 0 Å². The van der Waals surface area contributed by atoms with E-state index < -0.39 is 0 Å². The Labute approximate surface area is 103 Å². The van der Waals surface area contributed by atoms with E-state index >= 15 is 0 Å². The van der Waals surface area contributed by atoms with Crippen molar-refractivity contribution in [2.24, 2.45) is 5.73 Å². The summed E-state index contributed by atoms with van der Waals surface area (Å²) in [5, 5.41) is 0. The van der Waals surface area contributed by atoms with Gasteiger partial charge in [0.15, 0.2) is 0 Å². The van der Waals surface area contributed by atoms with E-state index in [1.54, 1.807) is 14.2 Å². The van der Waals surface area contributed by atoms with Gasteiger partial charge in [0.2, 0.25) is 0 Å². The Morgan fingerprint density at radius 3 is 2.44 bits per heavy atom. The molecule has 3 nitrogen and oxygen atoms in total. The molecule has 0 aromatic heterocycles. The second-order valence-electron chi connectivity index (χ2n) is 3.69. The molecule has 0 aliphatic heterocycles. The molecular weight excluding hydrogens is 226 g/mol. The fourth-order valence-electron chi connectivity index (χ4n) is 1.44. The maximum atomic E-state index is 5.72. The van der Waals surface area contributed by atoms with Crippen LogP contribution < -0.4 is 15.2 Å². The fraction of sp³-hybridized carbons (Fsp3) is 0.500. The van der Waals surface area contributed by atoms with Crippen LogP contribution in [0.25, 0.3) is 0 Å². The maximum Gasteiger partial charge on any atom is 0.125 e. The van der Waals surface area contributed by atoms with Crippen molar-refractivity contribution >= 4 is 12.4 Å². The van der Waals surface area contributed by atoms with Gasteiger partial charge in [-0.3, -0.25) is 0 Å². The van der Waals surface area contributed by atoms with Crippen molar-refractivity contribution in [2.75, 3.05) is 14.2 Å². The Morgan fingerprint density at radius 1 is 1.25 bits per heavy atom. The Balaban J connectivity index is 0.00000225. The van der Waals surface area contributed by atoms with Crippen molar-refractivity contribution < 1.29 is 9.47 Å². The highest BCUT2D eigenvalue weighted by molar-refractivity contribution is 5.85. The lowest BCUT2D eigenvalue weighted by atomic mass is 10.1. The fourth-order valence-corrected chi connectivity index (χ4v) is 1.44. The number of methoxy groups -OCH3 is 2. The minimum absolute atomic E-state index is 0. The molecule has 1 atom stereocenters. The van der Waals surface area contributed by atoms with Crippen LogP contribution in [0.4, 0.5) is 0 Å². The van der Waals surface area contributed by atoms with Gasteiger partial charge >= 0.3 is 0 Å². The summed E-state index contributed by atoms with van der Waals surface area (Å²) in [5.41, 5.74) is 6.90. The molecule has 1 aromatic carbocycles. The highest BCUT2D eigenvalue weighted by Gasteiger charge is 2.05. The first-order valence-electron chi connectivity index (χ1n) is 5.14. The van der Waals surface area contributed by atoms with Gasteiger partial charge in [-0.25, -0.2) is 0 Å². The minimum Gasteiger partial charge on any atom is -0.497 e.